The Morgan fingerprint density at radius 3 is 1.35 bits per heavy atom. The molecule has 1 aromatic heterocycles. The van der Waals surface area contributed by atoms with Crippen LogP contribution in [0.3, 0.4) is 0 Å². The van der Waals surface area contributed by atoms with Crippen molar-refractivity contribution >= 4 is 39.0 Å². The molecule has 2 aliphatic rings. The lowest BCUT2D eigenvalue weighted by Crippen LogP contribution is -2.22. The second kappa shape index (κ2) is 11.4. The van der Waals surface area contributed by atoms with Crippen LogP contribution >= 0.6 is 0 Å². The summed E-state index contributed by atoms with van der Waals surface area (Å²) in [5, 5.41) is 2.26. The smallest absolute Gasteiger partial charge is 0.137 e. The molecule has 2 heteroatoms. The van der Waals surface area contributed by atoms with E-state index >= 15 is 0 Å². The minimum Gasteiger partial charge on any atom is -0.456 e. The summed E-state index contributed by atoms with van der Waals surface area (Å²) < 4.78 is 6.48. The van der Waals surface area contributed by atoms with Gasteiger partial charge in [-0.1, -0.05) is 140 Å². The van der Waals surface area contributed by atoms with Gasteiger partial charge in [0.05, 0.1) is 0 Å². The Kier molecular flexibility index (Phi) is 6.55. The maximum atomic E-state index is 6.48. The van der Waals surface area contributed by atoms with Gasteiger partial charge in [-0.15, -0.1) is 0 Å². The van der Waals surface area contributed by atoms with E-state index in [0.717, 1.165) is 39.0 Å². The van der Waals surface area contributed by atoms with Crippen molar-refractivity contribution in [3.05, 3.63) is 221 Å². The number of furan rings is 1. The van der Waals surface area contributed by atoms with Crippen molar-refractivity contribution in [1.29, 1.82) is 0 Å². The first-order valence-corrected chi connectivity index (χ1v) is 18.8. The fourth-order valence-electron chi connectivity index (χ4n) is 9.72. The molecule has 54 heavy (non-hydrogen) atoms. The van der Waals surface area contributed by atoms with E-state index in [2.05, 4.69) is 201 Å². The predicted octanol–water partition coefficient (Wildman–Crippen LogP) is 13.7. The van der Waals surface area contributed by atoms with Crippen LogP contribution in [0.4, 0.5) is 17.1 Å². The molecule has 0 saturated carbocycles. The van der Waals surface area contributed by atoms with Crippen LogP contribution < -0.4 is 4.90 Å². The van der Waals surface area contributed by atoms with E-state index in [1.807, 2.05) is 6.07 Å². The summed E-state index contributed by atoms with van der Waals surface area (Å²) in [5.41, 5.74) is 17.6. The Morgan fingerprint density at radius 1 is 0.352 bits per heavy atom. The standard InChI is InChI=1S/C52H37NO/c1-51(34-15-5-3-6-16-34)45-22-12-9-19-39(45)43-31-36(26-29-47(43)51)53(38-25-28-42-41-21-11-14-24-49(41)54-50(42)33-38)37-27-30-48-44(32-37)40-20-10-13-23-46(40)52(48,2)35-17-7-4-8-18-35/h3-33H,1-2H3. The second-order valence-electron chi connectivity index (χ2n) is 15.1. The van der Waals surface area contributed by atoms with Gasteiger partial charge in [0.2, 0.25) is 0 Å². The molecule has 0 fully saturated rings. The maximum absolute atomic E-state index is 6.48. The van der Waals surface area contributed by atoms with Crippen LogP contribution in [0.1, 0.15) is 47.2 Å². The van der Waals surface area contributed by atoms with Gasteiger partial charge >= 0.3 is 0 Å². The highest BCUT2D eigenvalue weighted by atomic mass is 16.3. The lowest BCUT2D eigenvalue weighted by Gasteiger charge is -2.30. The van der Waals surface area contributed by atoms with Gasteiger partial charge in [-0.3, -0.25) is 0 Å². The van der Waals surface area contributed by atoms with Crippen molar-refractivity contribution < 1.29 is 4.42 Å². The summed E-state index contributed by atoms with van der Waals surface area (Å²) in [4.78, 5) is 2.41. The van der Waals surface area contributed by atoms with Gasteiger partial charge in [0.25, 0.3) is 0 Å². The van der Waals surface area contributed by atoms with E-state index in [1.54, 1.807) is 0 Å². The van der Waals surface area contributed by atoms with Crippen molar-refractivity contribution in [2.45, 2.75) is 24.7 Å². The van der Waals surface area contributed by atoms with Crippen LogP contribution in [0.2, 0.25) is 0 Å². The number of para-hydroxylation sites is 1. The van der Waals surface area contributed by atoms with Crippen LogP contribution in [0.15, 0.2) is 192 Å². The summed E-state index contributed by atoms with van der Waals surface area (Å²) in [6.45, 7) is 4.75. The van der Waals surface area contributed by atoms with Gasteiger partial charge < -0.3 is 9.32 Å². The average molecular weight is 692 g/mol. The summed E-state index contributed by atoms with van der Waals surface area (Å²) in [5.74, 6) is 0. The Morgan fingerprint density at radius 2 is 0.778 bits per heavy atom. The third-order valence-electron chi connectivity index (χ3n) is 12.4. The zero-order chi connectivity index (χ0) is 36.0. The molecule has 0 radical (unpaired) electrons. The van der Waals surface area contributed by atoms with E-state index in [-0.39, 0.29) is 10.8 Å². The average Bonchev–Trinajstić information content (AvgIpc) is 3.83. The second-order valence-corrected chi connectivity index (χ2v) is 15.1. The van der Waals surface area contributed by atoms with Crippen molar-refractivity contribution in [1.82, 2.24) is 0 Å². The molecule has 0 saturated heterocycles. The topological polar surface area (TPSA) is 16.4 Å². The number of benzene rings is 8. The molecule has 1 heterocycles. The third-order valence-corrected chi connectivity index (χ3v) is 12.4. The van der Waals surface area contributed by atoms with E-state index in [1.165, 1.54) is 55.6 Å². The van der Waals surface area contributed by atoms with Gasteiger partial charge in [0.15, 0.2) is 0 Å². The zero-order valence-corrected chi connectivity index (χ0v) is 30.3. The summed E-state index contributed by atoms with van der Waals surface area (Å²) in [6.07, 6.45) is 0. The first kappa shape index (κ1) is 30.9. The summed E-state index contributed by atoms with van der Waals surface area (Å²) in [7, 11) is 0. The number of fused-ring (bicyclic) bond motifs is 9. The quantitative estimate of drug-likeness (QED) is 0.179. The fraction of sp³-hybridized carbons (Fsp3) is 0.0769. The molecule has 0 N–H and O–H groups in total. The van der Waals surface area contributed by atoms with Crippen LogP contribution in [-0.2, 0) is 10.8 Å². The number of nitrogens with zero attached hydrogens (tertiary/aromatic N) is 1. The first-order valence-electron chi connectivity index (χ1n) is 18.8. The number of rotatable bonds is 5. The highest BCUT2D eigenvalue weighted by Crippen LogP contribution is 2.56. The van der Waals surface area contributed by atoms with Gasteiger partial charge in [-0.2, -0.15) is 0 Å². The lowest BCUT2D eigenvalue weighted by atomic mass is 9.74. The number of hydrogen-bond donors (Lipinski definition) is 0. The molecule has 0 bridgehead atoms. The zero-order valence-electron chi connectivity index (χ0n) is 30.3. The molecule has 2 unspecified atom stereocenters. The highest BCUT2D eigenvalue weighted by molar-refractivity contribution is 6.06. The third kappa shape index (κ3) is 4.22. The molecule has 2 atom stereocenters. The van der Waals surface area contributed by atoms with Crippen molar-refractivity contribution in [2.24, 2.45) is 0 Å². The number of anilines is 3. The molecular weight excluding hydrogens is 655 g/mol. The highest BCUT2D eigenvalue weighted by Gasteiger charge is 2.42. The first-order chi connectivity index (χ1) is 26.5. The Hall–Kier alpha value is -6.64. The van der Waals surface area contributed by atoms with E-state index < -0.39 is 0 Å². The van der Waals surface area contributed by atoms with Crippen LogP contribution in [0.5, 0.6) is 0 Å². The predicted molar refractivity (Wildman–Crippen MR) is 223 cm³/mol. The van der Waals surface area contributed by atoms with E-state index in [4.69, 9.17) is 4.42 Å². The van der Waals surface area contributed by atoms with E-state index in [9.17, 15) is 0 Å². The Labute approximate surface area is 315 Å². The molecule has 0 spiro atoms. The molecule has 11 rings (SSSR count). The van der Waals surface area contributed by atoms with Gasteiger partial charge in [-0.05, 0) is 112 Å². The number of hydrogen-bond acceptors (Lipinski definition) is 2. The molecule has 2 nitrogen and oxygen atoms in total. The molecule has 0 aliphatic heterocycles. The molecule has 2 aliphatic carbocycles. The monoisotopic (exact) mass is 691 g/mol. The molecule has 9 aromatic rings. The van der Waals surface area contributed by atoms with Gasteiger partial charge in [0, 0.05) is 44.7 Å². The van der Waals surface area contributed by atoms with Crippen LogP contribution in [0.25, 0.3) is 44.2 Å². The normalized spacial score (nSPS) is 18.0. The molecule has 256 valence electrons. The summed E-state index contributed by atoms with van der Waals surface area (Å²) in [6, 6.07) is 68.9. The Balaban J connectivity index is 1.14. The van der Waals surface area contributed by atoms with E-state index in [0.29, 0.717) is 0 Å². The minimum absolute atomic E-state index is 0.261. The van der Waals surface area contributed by atoms with Crippen molar-refractivity contribution in [2.75, 3.05) is 4.90 Å². The van der Waals surface area contributed by atoms with Crippen molar-refractivity contribution in [3.8, 4) is 22.3 Å². The molecule has 8 aromatic carbocycles. The largest absolute Gasteiger partial charge is 0.456 e. The molecule has 0 amide bonds. The van der Waals surface area contributed by atoms with Crippen molar-refractivity contribution in [3.63, 3.8) is 0 Å². The summed E-state index contributed by atoms with van der Waals surface area (Å²) >= 11 is 0. The lowest BCUT2D eigenvalue weighted by molar-refractivity contribution is 0.669. The Bertz CT molecular complexity index is 2780. The van der Waals surface area contributed by atoms with Crippen LogP contribution in [0, 0.1) is 0 Å². The molecular formula is C52H37NO. The van der Waals surface area contributed by atoms with Gasteiger partial charge in [-0.25, -0.2) is 0 Å². The minimum atomic E-state index is -0.261. The SMILES string of the molecule is CC1(c2ccccc2)c2ccccc2-c2cc(N(c3ccc4c(c3)-c3ccccc3C4(C)c3ccccc3)c3ccc4c(c3)oc3ccccc34)ccc21. The van der Waals surface area contributed by atoms with Gasteiger partial charge in [0.1, 0.15) is 11.2 Å². The maximum Gasteiger partial charge on any atom is 0.137 e. The fourth-order valence-corrected chi connectivity index (χ4v) is 9.72. The van der Waals surface area contributed by atoms with Crippen LogP contribution in [-0.4, -0.2) is 0 Å².